The lowest BCUT2D eigenvalue weighted by Gasteiger charge is -2.18. The first-order valence-corrected chi connectivity index (χ1v) is 11.6. The molecule has 2 aromatic heterocycles. The van der Waals surface area contributed by atoms with Gasteiger partial charge in [-0.2, -0.15) is 0 Å². The molecule has 2 saturated carbocycles. The Bertz CT molecular complexity index is 946. The van der Waals surface area contributed by atoms with Crippen molar-refractivity contribution in [2.24, 2.45) is 0 Å². The molecule has 1 unspecified atom stereocenters. The minimum absolute atomic E-state index is 0.0190. The lowest BCUT2D eigenvalue weighted by molar-refractivity contribution is -0.119. The van der Waals surface area contributed by atoms with E-state index in [2.05, 4.69) is 38.3 Å². The fourth-order valence-corrected chi connectivity index (χ4v) is 5.06. The summed E-state index contributed by atoms with van der Waals surface area (Å²) in [7, 11) is 0. The van der Waals surface area contributed by atoms with Crippen LogP contribution in [-0.2, 0) is 4.79 Å². The number of thiophene rings is 1. The number of hydrogen-bond acceptors (Lipinski definition) is 5. The third kappa shape index (κ3) is 3.86. The van der Waals surface area contributed by atoms with E-state index in [-0.39, 0.29) is 11.9 Å². The van der Waals surface area contributed by atoms with Gasteiger partial charge in [0.25, 0.3) is 0 Å². The van der Waals surface area contributed by atoms with Gasteiger partial charge in [0.2, 0.25) is 5.91 Å². The molecule has 144 valence electrons. The average molecular weight is 411 g/mol. The first-order valence-electron chi connectivity index (χ1n) is 9.75. The van der Waals surface area contributed by atoms with Gasteiger partial charge in [-0.1, -0.05) is 48.2 Å². The van der Waals surface area contributed by atoms with Crippen LogP contribution in [0.3, 0.4) is 0 Å². The third-order valence-electron chi connectivity index (χ3n) is 5.14. The van der Waals surface area contributed by atoms with Gasteiger partial charge in [-0.25, -0.2) is 0 Å². The molecule has 0 bridgehead atoms. The number of carbonyl (C=O) groups is 1. The number of carbonyl (C=O) groups excluding carboxylic acids is 1. The van der Waals surface area contributed by atoms with Crippen LogP contribution in [0.2, 0.25) is 0 Å². The Labute approximate surface area is 172 Å². The SMILES string of the molecule is O=C(CSc1nnc(C2CC2)n1C1CC1)NC(c1ccccc1)c1cccs1. The van der Waals surface area contributed by atoms with Crippen molar-refractivity contribution in [2.45, 2.75) is 48.8 Å². The predicted octanol–water partition coefficient (Wildman–Crippen LogP) is 4.55. The molecule has 1 N–H and O–H groups in total. The molecule has 0 aliphatic heterocycles. The van der Waals surface area contributed by atoms with Gasteiger partial charge in [-0.3, -0.25) is 4.79 Å². The largest absolute Gasteiger partial charge is 0.344 e. The van der Waals surface area contributed by atoms with Crippen LogP contribution in [0.4, 0.5) is 0 Å². The molecule has 0 radical (unpaired) electrons. The van der Waals surface area contributed by atoms with Crippen LogP contribution in [0.15, 0.2) is 53.0 Å². The van der Waals surface area contributed by atoms with Crippen molar-refractivity contribution in [3.05, 3.63) is 64.1 Å². The Balaban J connectivity index is 1.28. The van der Waals surface area contributed by atoms with E-state index in [1.54, 1.807) is 11.3 Å². The summed E-state index contributed by atoms with van der Waals surface area (Å²) < 4.78 is 2.30. The highest BCUT2D eigenvalue weighted by Crippen LogP contribution is 2.46. The number of hydrogen-bond donors (Lipinski definition) is 1. The lowest BCUT2D eigenvalue weighted by atomic mass is 10.1. The summed E-state index contributed by atoms with van der Waals surface area (Å²) in [5, 5.41) is 15.0. The zero-order chi connectivity index (χ0) is 18.9. The predicted molar refractivity (Wildman–Crippen MR) is 112 cm³/mol. The molecule has 2 aliphatic carbocycles. The fourth-order valence-electron chi connectivity index (χ4n) is 3.44. The number of benzene rings is 1. The van der Waals surface area contributed by atoms with E-state index in [9.17, 15) is 4.79 Å². The van der Waals surface area contributed by atoms with Crippen LogP contribution in [-0.4, -0.2) is 26.4 Å². The maximum absolute atomic E-state index is 12.8. The molecule has 0 saturated heterocycles. The van der Waals surface area contributed by atoms with Crippen molar-refractivity contribution in [2.75, 3.05) is 5.75 Å². The second-order valence-electron chi connectivity index (χ2n) is 7.43. The standard InChI is InChI=1S/C21H22N4OS2/c26-18(22-19(17-7-4-12-27-17)14-5-2-1-3-6-14)13-28-21-24-23-20(15-8-9-15)25(21)16-10-11-16/h1-7,12,15-16,19H,8-11,13H2,(H,22,26). The van der Waals surface area contributed by atoms with Crippen LogP contribution in [0.25, 0.3) is 0 Å². The molecule has 1 amide bonds. The Kier molecular flexibility index (Phi) is 4.94. The second kappa shape index (κ2) is 7.72. The van der Waals surface area contributed by atoms with Crippen LogP contribution in [0.5, 0.6) is 0 Å². The van der Waals surface area contributed by atoms with E-state index in [0.29, 0.717) is 17.7 Å². The van der Waals surface area contributed by atoms with Crippen molar-refractivity contribution in [3.8, 4) is 0 Å². The van der Waals surface area contributed by atoms with E-state index in [1.165, 1.54) is 37.4 Å². The van der Waals surface area contributed by atoms with Gasteiger partial charge in [-0.15, -0.1) is 21.5 Å². The molecular formula is C21H22N4OS2. The maximum Gasteiger partial charge on any atom is 0.231 e. The van der Waals surface area contributed by atoms with Gasteiger partial charge in [-0.05, 0) is 42.7 Å². The van der Waals surface area contributed by atoms with Crippen LogP contribution < -0.4 is 5.32 Å². The number of amides is 1. The highest BCUT2D eigenvalue weighted by atomic mass is 32.2. The number of nitrogens with zero attached hydrogens (tertiary/aromatic N) is 3. The second-order valence-corrected chi connectivity index (χ2v) is 9.35. The molecule has 7 heteroatoms. The van der Waals surface area contributed by atoms with Gasteiger partial charge in [0.15, 0.2) is 5.16 Å². The quantitative estimate of drug-likeness (QED) is 0.554. The van der Waals surface area contributed by atoms with Gasteiger partial charge >= 0.3 is 0 Å². The molecule has 1 atom stereocenters. The Morgan fingerprint density at radius 1 is 1.14 bits per heavy atom. The van der Waals surface area contributed by atoms with E-state index < -0.39 is 0 Å². The summed E-state index contributed by atoms with van der Waals surface area (Å²) in [5.74, 6) is 2.08. The molecule has 3 aromatic rings. The van der Waals surface area contributed by atoms with E-state index in [4.69, 9.17) is 0 Å². The molecule has 5 rings (SSSR count). The molecule has 28 heavy (non-hydrogen) atoms. The van der Waals surface area contributed by atoms with Gasteiger partial charge in [0.1, 0.15) is 5.82 Å². The van der Waals surface area contributed by atoms with Crippen LogP contribution >= 0.6 is 23.1 Å². The number of thioether (sulfide) groups is 1. The summed E-state index contributed by atoms with van der Waals surface area (Å²) in [6.45, 7) is 0. The number of rotatable bonds is 8. The van der Waals surface area contributed by atoms with Crippen molar-refractivity contribution >= 4 is 29.0 Å². The summed E-state index contributed by atoms with van der Waals surface area (Å²) in [4.78, 5) is 13.9. The molecular weight excluding hydrogens is 388 g/mol. The van der Waals surface area contributed by atoms with Crippen LogP contribution in [0.1, 0.15) is 59.9 Å². The van der Waals surface area contributed by atoms with E-state index in [1.807, 2.05) is 29.6 Å². The maximum atomic E-state index is 12.8. The van der Waals surface area contributed by atoms with Gasteiger partial charge < -0.3 is 9.88 Å². The molecule has 2 aliphatic rings. The Morgan fingerprint density at radius 2 is 1.96 bits per heavy atom. The molecule has 1 aromatic carbocycles. The first kappa shape index (κ1) is 17.9. The summed E-state index contributed by atoms with van der Waals surface area (Å²) in [6, 6.07) is 14.7. The van der Waals surface area contributed by atoms with E-state index >= 15 is 0 Å². The van der Waals surface area contributed by atoms with Crippen molar-refractivity contribution in [3.63, 3.8) is 0 Å². The minimum Gasteiger partial charge on any atom is -0.344 e. The highest BCUT2D eigenvalue weighted by Gasteiger charge is 2.36. The van der Waals surface area contributed by atoms with Crippen molar-refractivity contribution < 1.29 is 4.79 Å². The monoisotopic (exact) mass is 410 g/mol. The third-order valence-corrected chi connectivity index (χ3v) is 7.02. The number of nitrogens with one attached hydrogen (secondary N) is 1. The fraction of sp³-hybridized carbons (Fsp3) is 0.381. The Hall–Kier alpha value is -2.12. The summed E-state index contributed by atoms with van der Waals surface area (Å²) in [5.41, 5.74) is 1.10. The molecule has 2 heterocycles. The van der Waals surface area contributed by atoms with Crippen molar-refractivity contribution in [1.29, 1.82) is 0 Å². The van der Waals surface area contributed by atoms with Crippen molar-refractivity contribution in [1.82, 2.24) is 20.1 Å². The normalized spacial score (nSPS) is 17.4. The summed E-state index contributed by atoms with van der Waals surface area (Å²) >= 11 is 3.17. The van der Waals surface area contributed by atoms with Gasteiger partial charge in [0, 0.05) is 16.8 Å². The van der Waals surface area contributed by atoms with Gasteiger partial charge in [0.05, 0.1) is 11.8 Å². The van der Waals surface area contributed by atoms with E-state index in [0.717, 1.165) is 21.4 Å². The summed E-state index contributed by atoms with van der Waals surface area (Å²) in [6.07, 6.45) is 4.84. The topological polar surface area (TPSA) is 59.8 Å². The molecule has 0 spiro atoms. The molecule has 5 nitrogen and oxygen atoms in total. The number of aromatic nitrogens is 3. The smallest absolute Gasteiger partial charge is 0.231 e. The highest BCUT2D eigenvalue weighted by molar-refractivity contribution is 7.99. The Morgan fingerprint density at radius 3 is 2.64 bits per heavy atom. The average Bonchev–Trinajstić information content (AvgIpc) is 3.65. The zero-order valence-electron chi connectivity index (χ0n) is 15.5. The lowest BCUT2D eigenvalue weighted by Crippen LogP contribution is -2.30. The molecule has 2 fully saturated rings. The zero-order valence-corrected chi connectivity index (χ0v) is 17.1. The minimum atomic E-state index is -0.113. The van der Waals surface area contributed by atoms with Crippen LogP contribution in [0, 0.1) is 0 Å². The first-order chi connectivity index (χ1) is 13.8.